The molecule has 0 amide bonds. The van der Waals surface area contributed by atoms with Crippen molar-refractivity contribution in [3.63, 3.8) is 0 Å². The molecule has 2 rings (SSSR count). The summed E-state index contributed by atoms with van der Waals surface area (Å²) >= 11 is 2.91. The smallest absolute Gasteiger partial charge is 0.163 e. The molecule has 106 valence electrons. The summed E-state index contributed by atoms with van der Waals surface area (Å²) in [4.78, 5) is 0. The van der Waals surface area contributed by atoms with Gasteiger partial charge in [0.2, 0.25) is 0 Å². The van der Waals surface area contributed by atoms with Crippen LogP contribution < -0.4 is 11.3 Å². The van der Waals surface area contributed by atoms with Gasteiger partial charge >= 0.3 is 0 Å². The van der Waals surface area contributed by atoms with E-state index >= 15 is 0 Å². The summed E-state index contributed by atoms with van der Waals surface area (Å²) in [5, 5.41) is 0. The van der Waals surface area contributed by atoms with Crippen LogP contribution in [0.25, 0.3) is 0 Å². The first kappa shape index (κ1) is 15.0. The van der Waals surface area contributed by atoms with Crippen LogP contribution in [0, 0.1) is 23.3 Å². The standard InChI is InChI=1S/C13H9BrF4N2/c14-7-4-5-8(15)10(12(7)18)13(20-19)6-2-1-3-9(16)11(6)17/h1-5,13,20H,19H2. The molecule has 3 N–H and O–H groups in total. The van der Waals surface area contributed by atoms with E-state index < -0.39 is 34.9 Å². The molecule has 7 heteroatoms. The number of halogens is 5. The predicted octanol–water partition coefficient (Wildman–Crippen LogP) is 3.56. The minimum Gasteiger partial charge on any atom is -0.271 e. The van der Waals surface area contributed by atoms with Crippen LogP contribution in [0.1, 0.15) is 17.2 Å². The molecule has 2 nitrogen and oxygen atoms in total. The van der Waals surface area contributed by atoms with Crippen molar-refractivity contribution in [1.29, 1.82) is 0 Å². The van der Waals surface area contributed by atoms with Crippen LogP contribution in [0.15, 0.2) is 34.8 Å². The van der Waals surface area contributed by atoms with E-state index in [0.29, 0.717) is 0 Å². The predicted molar refractivity (Wildman–Crippen MR) is 69.6 cm³/mol. The van der Waals surface area contributed by atoms with Gasteiger partial charge in [-0.1, -0.05) is 12.1 Å². The lowest BCUT2D eigenvalue weighted by molar-refractivity contribution is 0.465. The summed E-state index contributed by atoms with van der Waals surface area (Å²) < 4.78 is 54.8. The van der Waals surface area contributed by atoms with Gasteiger partial charge in [-0.2, -0.15) is 0 Å². The van der Waals surface area contributed by atoms with E-state index in [-0.39, 0.29) is 10.0 Å². The third kappa shape index (κ3) is 2.56. The van der Waals surface area contributed by atoms with E-state index in [1.54, 1.807) is 0 Å². The van der Waals surface area contributed by atoms with Gasteiger partial charge in [0.15, 0.2) is 11.6 Å². The van der Waals surface area contributed by atoms with Gasteiger partial charge in [-0.3, -0.25) is 5.84 Å². The largest absolute Gasteiger partial charge is 0.271 e. The van der Waals surface area contributed by atoms with Crippen LogP contribution in [0.3, 0.4) is 0 Å². The van der Waals surface area contributed by atoms with Crippen molar-refractivity contribution < 1.29 is 17.6 Å². The zero-order chi connectivity index (χ0) is 14.9. The molecular weight excluding hydrogens is 340 g/mol. The second kappa shape index (κ2) is 5.90. The fraction of sp³-hybridized carbons (Fsp3) is 0.0769. The normalized spacial score (nSPS) is 12.5. The Morgan fingerprint density at radius 2 is 1.65 bits per heavy atom. The fourth-order valence-electron chi connectivity index (χ4n) is 1.88. The average molecular weight is 349 g/mol. The van der Waals surface area contributed by atoms with Crippen LogP contribution in [-0.2, 0) is 0 Å². The fourth-order valence-corrected chi connectivity index (χ4v) is 2.23. The lowest BCUT2D eigenvalue weighted by Crippen LogP contribution is -2.31. The molecule has 2 aromatic carbocycles. The summed E-state index contributed by atoms with van der Waals surface area (Å²) in [7, 11) is 0. The maximum atomic E-state index is 14.0. The molecule has 0 aliphatic heterocycles. The molecular formula is C13H9BrF4N2. The zero-order valence-electron chi connectivity index (χ0n) is 9.93. The van der Waals surface area contributed by atoms with Gasteiger partial charge in [0.05, 0.1) is 10.5 Å². The Labute approximate surface area is 120 Å². The highest BCUT2D eigenvalue weighted by Crippen LogP contribution is 2.31. The van der Waals surface area contributed by atoms with Crippen molar-refractivity contribution in [3.05, 3.63) is 69.2 Å². The molecule has 0 bridgehead atoms. The van der Waals surface area contributed by atoms with Gasteiger partial charge in [0, 0.05) is 11.1 Å². The quantitative estimate of drug-likeness (QED) is 0.385. The van der Waals surface area contributed by atoms with Gasteiger partial charge in [-0.15, -0.1) is 0 Å². The molecule has 0 saturated heterocycles. The molecule has 0 heterocycles. The highest BCUT2D eigenvalue weighted by atomic mass is 79.9. The van der Waals surface area contributed by atoms with Crippen LogP contribution >= 0.6 is 15.9 Å². The highest BCUT2D eigenvalue weighted by Gasteiger charge is 2.26. The van der Waals surface area contributed by atoms with Gasteiger partial charge < -0.3 is 0 Å². The highest BCUT2D eigenvalue weighted by molar-refractivity contribution is 9.10. The Balaban J connectivity index is 2.65. The molecule has 1 unspecified atom stereocenters. The summed E-state index contributed by atoms with van der Waals surface area (Å²) in [5.41, 5.74) is 1.32. The number of hydrogen-bond donors (Lipinski definition) is 2. The SMILES string of the molecule is NNC(c1cccc(F)c1F)c1c(F)ccc(Br)c1F. The van der Waals surface area contributed by atoms with E-state index in [4.69, 9.17) is 5.84 Å². The minimum absolute atomic E-state index is 0.00837. The van der Waals surface area contributed by atoms with Crippen LogP contribution in [0.4, 0.5) is 17.6 Å². The van der Waals surface area contributed by atoms with Gasteiger partial charge in [-0.05, 0) is 34.1 Å². The monoisotopic (exact) mass is 348 g/mol. The third-order valence-electron chi connectivity index (χ3n) is 2.83. The number of benzene rings is 2. The summed E-state index contributed by atoms with van der Waals surface area (Å²) in [6, 6.07) is 4.14. The van der Waals surface area contributed by atoms with Crippen LogP contribution in [0.2, 0.25) is 0 Å². The van der Waals surface area contributed by atoms with Crippen molar-refractivity contribution in [2.45, 2.75) is 6.04 Å². The summed E-state index contributed by atoms with van der Waals surface area (Å²) in [6.45, 7) is 0. The van der Waals surface area contributed by atoms with E-state index in [1.807, 2.05) is 0 Å². The third-order valence-corrected chi connectivity index (χ3v) is 3.44. The first-order valence-electron chi connectivity index (χ1n) is 5.50. The Bertz CT molecular complexity index is 649. The van der Waals surface area contributed by atoms with E-state index in [2.05, 4.69) is 21.4 Å². The van der Waals surface area contributed by atoms with Crippen molar-refractivity contribution in [2.24, 2.45) is 5.84 Å². The van der Waals surface area contributed by atoms with Gasteiger partial charge in [0.1, 0.15) is 11.6 Å². The maximum Gasteiger partial charge on any atom is 0.163 e. The second-order valence-electron chi connectivity index (χ2n) is 4.00. The first-order chi connectivity index (χ1) is 9.47. The molecule has 0 aliphatic rings. The van der Waals surface area contributed by atoms with Crippen molar-refractivity contribution in [3.8, 4) is 0 Å². The van der Waals surface area contributed by atoms with E-state index in [9.17, 15) is 17.6 Å². The second-order valence-corrected chi connectivity index (χ2v) is 4.85. The Morgan fingerprint density at radius 1 is 0.950 bits per heavy atom. The summed E-state index contributed by atoms with van der Waals surface area (Å²) in [5.74, 6) is 1.06. The number of nitrogens with one attached hydrogen (secondary N) is 1. The number of hydrazine groups is 1. The topological polar surface area (TPSA) is 38.0 Å². The molecule has 0 aromatic heterocycles. The van der Waals surface area contributed by atoms with Gasteiger partial charge in [-0.25, -0.2) is 23.0 Å². The molecule has 1 atom stereocenters. The van der Waals surface area contributed by atoms with Crippen molar-refractivity contribution in [2.75, 3.05) is 0 Å². The number of hydrogen-bond acceptors (Lipinski definition) is 2. The molecule has 0 fully saturated rings. The molecule has 0 aliphatic carbocycles. The molecule has 2 aromatic rings. The van der Waals surface area contributed by atoms with Crippen molar-refractivity contribution >= 4 is 15.9 Å². The molecule has 20 heavy (non-hydrogen) atoms. The Kier molecular flexibility index (Phi) is 4.42. The maximum absolute atomic E-state index is 14.0. The lowest BCUT2D eigenvalue weighted by Gasteiger charge is -2.19. The Morgan fingerprint density at radius 3 is 2.30 bits per heavy atom. The van der Waals surface area contributed by atoms with Crippen molar-refractivity contribution in [1.82, 2.24) is 5.43 Å². The molecule has 0 saturated carbocycles. The number of nitrogens with two attached hydrogens (primary N) is 1. The minimum atomic E-state index is -1.36. The first-order valence-corrected chi connectivity index (χ1v) is 6.30. The number of rotatable bonds is 3. The van der Waals surface area contributed by atoms with E-state index in [1.165, 1.54) is 18.2 Å². The average Bonchev–Trinajstić information content (AvgIpc) is 2.43. The lowest BCUT2D eigenvalue weighted by atomic mass is 9.97. The zero-order valence-corrected chi connectivity index (χ0v) is 11.5. The van der Waals surface area contributed by atoms with Crippen LogP contribution in [-0.4, -0.2) is 0 Å². The molecule has 0 radical (unpaired) electrons. The van der Waals surface area contributed by atoms with Gasteiger partial charge in [0.25, 0.3) is 0 Å². The summed E-state index contributed by atoms with van der Waals surface area (Å²) in [6.07, 6.45) is 0. The van der Waals surface area contributed by atoms with E-state index in [0.717, 1.165) is 12.1 Å². The van der Waals surface area contributed by atoms with Crippen LogP contribution in [0.5, 0.6) is 0 Å². The molecule has 0 spiro atoms. The Hall–Kier alpha value is -1.44.